The molecule has 0 saturated heterocycles. The van der Waals surface area contributed by atoms with E-state index in [1.807, 2.05) is 16.9 Å². The molecule has 0 unspecified atom stereocenters. The van der Waals surface area contributed by atoms with Crippen LogP contribution in [0.5, 0.6) is 0 Å². The second-order valence-corrected chi connectivity index (χ2v) is 5.17. The van der Waals surface area contributed by atoms with Crippen molar-refractivity contribution in [2.24, 2.45) is 0 Å². The number of hydrogen-bond donors (Lipinski definition) is 1. The second kappa shape index (κ2) is 5.30. The van der Waals surface area contributed by atoms with Gasteiger partial charge in [-0.15, -0.1) is 0 Å². The molecule has 0 radical (unpaired) electrons. The maximum absolute atomic E-state index is 4.25. The van der Waals surface area contributed by atoms with Crippen molar-refractivity contribution in [2.75, 3.05) is 6.54 Å². The minimum absolute atomic E-state index is 0.167. The Balaban J connectivity index is 2.63. The summed E-state index contributed by atoms with van der Waals surface area (Å²) in [5, 5.41) is 7.72. The van der Waals surface area contributed by atoms with E-state index in [-0.39, 0.29) is 5.54 Å². The van der Waals surface area contributed by atoms with Gasteiger partial charge in [0, 0.05) is 24.8 Å². The number of hydrogen-bond acceptors (Lipinski definition) is 2. The maximum Gasteiger partial charge on any atom is 0.0609 e. The molecule has 0 aliphatic rings. The van der Waals surface area contributed by atoms with Crippen molar-refractivity contribution in [1.82, 2.24) is 15.1 Å². The molecular weight excluding hydrogens is 198 g/mol. The van der Waals surface area contributed by atoms with Crippen LogP contribution in [0.2, 0.25) is 0 Å². The van der Waals surface area contributed by atoms with E-state index in [1.165, 1.54) is 11.3 Å². The summed E-state index contributed by atoms with van der Waals surface area (Å²) >= 11 is 0. The minimum Gasteiger partial charge on any atom is -0.308 e. The lowest BCUT2D eigenvalue weighted by atomic mass is 10.1. The summed E-state index contributed by atoms with van der Waals surface area (Å²) in [5.41, 5.74) is 2.67. The van der Waals surface area contributed by atoms with Crippen LogP contribution in [0.1, 0.15) is 40.3 Å². The molecule has 1 aromatic rings. The van der Waals surface area contributed by atoms with Gasteiger partial charge in [0.05, 0.1) is 5.69 Å². The first kappa shape index (κ1) is 13.0. The van der Waals surface area contributed by atoms with Gasteiger partial charge in [0.15, 0.2) is 0 Å². The highest BCUT2D eigenvalue weighted by atomic mass is 15.3. The van der Waals surface area contributed by atoms with Gasteiger partial charge in [0.2, 0.25) is 0 Å². The first-order chi connectivity index (χ1) is 7.42. The number of aromatic nitrogens is 2. The van der Waals surface area contributed by atoms with E-state index in [0.29, 0.717) is 0 Å². The van der Waals surface area contributed by atoms with Gasteiger partial charge in [-0.2, -0.15) is 5.10 Å². The molecule has 0 amide bonds. The Bertz CT molecular complexity index is 355. The fourth-order valence-electron chi connectivity index (χ4n) is 1.44. The average Bonchev–Trinajstić information content (AvgIpc) is 2.61. The summed E-state index contributed by atoms with van der Waals surface area (Å²) < 4.78 is 2.00. The van der Waals surface area contributed by atoms with Crippen molar-refractivity contribution >= 4 is 6.08 Å². The molecule has 1 N–H and O–H groups in total. The van der Waals surface area contributed by atoms with Gasteiger partial charge in [-0.3, -0.25) is 4.68 Å². The van der Waals surface area contributed by atoms with E-state index in [4.69, 9.17) is 0 Å². The van der Waals surface area contributed by atoms with Crippen LogP contribution in [0.15, 0.2) is 17.8 Å². The average molecular weight is 221 g/mol. The smallest absolute Gasteiger partial charge is 0.0609 e. The zero-order chi connectivity index (χ0) is 12.2. The summed E-state index contributed by atoms with van der Waals surface area (Å²) in [6.07, 6.45) is 4.04. The van der Waals surface area contributed by atoms with E-state index in [9.17, 15) is 0 Å². The zero-order valence-electron chi connectivity index (χ0n) is 11.0. The number of nitrogens with one attached hydrogen (secondary N) is 1. The summed E-state index contributed by atoms with van der Waals surface area (Å²) in [4.78, 5) is 0. The molecule has 16 heavy (non-hydrogen) atoms. The van der Waals surface area contributed by atoms with Gasteiger partial charge in [-0.25, -0.2) is 0 Å². The molecule has 0 aliphatic carbocycles. The quantitative estimate of drug-likeness (QED) is 0.847. The SMILES string of the molecule is CCn1nccc1/C=C(/C)CNC(C)(C)C. The Hall–Kier alpha value is -1.09. The van der Waals surface area contributed by atoms with E-state index in [1.54, 1.807) is 0 Å². The largest absolute Gasteiger partial charge is 0.308 e. The first-order valence-electron chi connectivity index (χ1n) is 5.86. The zero-order valence-corrected chi connectivity index (χ0v) is 11.0. The van der Waals surface area contributed by atoms with Gasteiger partial charge in [0.25, 0.3) is 0 Å². The van der Waals surface area contributed by atoms with Crippen molar-refractivity contribution in [3.05, 3.63) is 23.5 Å². The molecule has 0 aliphatic heterocycles. The van der Waals surface area contributed by atoms with Crippen LogP contribution in [0, 0.1) is 0 Å². The lowest BCUT2D eigenvalue weighted by molar-refractivity contribution is 0.445. The molecule has 3 nitrogen and oxygen atoms in total. The molecule has 3 heteroatoms. The van der Waals surface area contributed by atoms with E-state index in [2.05, 4.69) is 51.1 Å². The van der Waals surface area contributed by atoms with Crippen LogP contribution in [-0.4, -0.2) is 21.9 Å². The van der Waals surface area contributed by atoms with Crippen molar-refractivity contribution < 1.29 is 0 Å². The number of aryl methyl sites for hydroxylation is 1. The topological polar surface area (TPSA) is 29.9 Å². The van der Waals surface area contributed by atoms with Gasteiger partial charge in [0.1, 0.15) is 0 Å². The Morgan fingerprint density at radius 1 is 1.50 bits per heavy atom. The Labute approximate surface area is 98.5 Å². The summed E-state index contributed by atoms with van der Waals surface area (Å²) in [5.74, 6) is 0. The predicted octanol–water partition coefficient (Wildman–Crippen LogP) is 2.69. The van der Waals surface area contributed by atoms with Gasteiger partial charge in [-0.1, -0.05) is 5.57 Å². The van der Waals surface area contributed by atoms with Crippen LogP contribution in [0.25, 0.3) is 6.08 Å². The fourth-order valence-corrected chi connectivity index (χ4v) is 1.44. The third-order valence-corrected chi connectivity index (χ3v) is 2.34. The van der Waals surface area contributed by atoms with Crippen LogP contribution in [-0.2, 0) is 6.54 Å². The van der Waals surface area contributed by atoms with Crippen LogP contribution in [0.4, 0.5) is 0 Å². The van der Waals surface area contributed by atoms with Crippen molar-refractivity contribution in [3.63, 3.8) is 0 Å². The highest BCUT2D eigenvalue weighted by molar-refractivity contribution is 5.48. The lowest BCUT2D eigenvalue weighted by Crippen LogP contribution is -2.36. The number of nitrogens with zero attached hydrogens (tertiary/aromatic N) is 2. The lowest BCUT2D eigenvalue weighted by Gasteiger charge is -2.20. The van der Waals surface area contributed by atoms with Crippen LogP contribution in [0.3, 0.4) is 0 Å². The van der Waals surface area contributed by atoms with Crippen LogP contribution >= 0.6 is 0 Å². The Morgan fingerprint density at radius 3 is 2.75 bits per heavy atom. The van der Waals surface area contributed by atoms with E-state index >= 15 is 0 Å². The standard InChI is InChI=1S/C13H23N3/c1-6-16-12(7-8-15-16)9-11(2)10-14-13(3,4)5/h7-9,14H,6,10H2,1-5H3/b11-9-. The van der Waals surface area contributed by atoms with Crippen LogP contribution < -0.4 is 5.32 Å². The molecule has 1 heterocycles. The molecular formula is C13H23N3. The molecule has 0 spiro atoms. The van der Waals surface area contributed by atoms with Gasteiger partial charge in [-0.05, 0) is 46.8 Å². The monoisotopic (exact) mass is 221 g/mol. The maximum atomic E-state index is 4.25. The molecule has 1 aromatic heterocycles. The Kier molecular flexibility index (Phi) is 4.30. The third kappa shape index (κ3) is 4.19. The van der Waals surface area contributed by atoms with E-state index in [0.717, 1.165) is 13.1 Å². The van der Waals surface area contributed by atoms with E-state index < -0.39 is 0 Å². The van der Waals surface area contributed by atoms with Gasteiger partial charge < -0.3 is 5.32 Å². The molecule has 1 rings (SSSR count). The van der Waals surface area contributed by atoms with Gasteiger partial charge >= 0.3 is 0 Å². The highest BCUT2D eigenvalue weighted by Gasteiger charge is 2.08. The molecule has 90 valence electrons. The Morgan fingerprint density at radius 2 is 2.19 bits per heavy atom. The second-order valence-electron chi connectivity index (χ2n) is 5.17. The minimum atomic E-state index is 0.167. The molecule has 0 fully saturated rings. The summed E-state index contributed by atoms with van der Waals surface area (Å²) in [7, 11) is 0. The van der Waals surface area contributed by atoms with Crippen molar-refractivity contribution in [3.8, 4) is 0 Å². The normalized spacial score (nSPS) is 13.2. The first-order valence-corrected chi connectivity index (χ1v) is 5.86. The fraction of sp³-hybridized carbons (Fsp3) is 0.615. The van der Waals surface area contributed by atoms with Crippen molar-refractivity contribution in [1.29, 1.82) is 0 Å². The third-order valence-electron chi connectivity index (χ3n) is 2.34. The highest BCUT2D eigenvalue weighted by Crippen LogP contribution is 2.07. The predicted molar refractivity (Wildman–Crippen MR) is 69.3 cm³/mol. The molecule has 0 saturated carbocycles. The van der Waals surface area contributed by atoms with Crippen molar-refractivity contribution in [2.45, 2.75) is 46.7 Å². The molecule has 0 atom stereocenters. The summed E-state index contributed by atoms with van der Waals surface area (Å²) in [6, 6.07) is 2.05. The molecule has 0 aromatic carbocycles. The molecule has 0 bridgehead atoms. The summed E-state index contributed by atoms with van der Waals surface area (Å²) in [6.45, 7) is 12.6. The number of rotatable bonds is 4.